The quantitative estimate of drug-likeness (QED) is 0.183. The molecule has 2 heterocycles. The maximum Gasteiger partial charge on any atom is 0.330 e. The Bertz CT molecular complexity index is 829. The third-order valence-corrected chi connectivity index (χ3v) is 6.49. The fourth-order valence-corrected chi connectivity index (χ4v) is 5.46. The van der Waals surface area contributed by atoms with Gasteiger partial charge in [0.15, 0.2) is 6.23 Å². The zero-order valence-corrected chi connectivity index (χ0v) is 14.9. The molecule has 5 N–H and O–H groups in total. The second-order valence-corrected chi connectivity index (χ2v) is 9.55. The van der Waals surface area contributed by atoms with Crippen molar-refractivity contribution >= 4 is 17.7 Å². The van der Waals surface area contributed by atoms with Crippen molar-refractivity contribution in [3.8, 4) is 12.3 Å². The van der Waals surface area contributed by atoms with E-state index in [-0.39, 0.29) is 23.1 Å². The van der Waals surface area contributed by atoms with Gasteiger partial charge >= 0.3 is 5.69 Å². The van der Waals surface area contributed by atoms with Gasteiger partial charge in [0.25, 0.3) is 12.3 Å². The van der Waals surface area contributed by atoms with Crippen molar-refractivity contribution in [1.29, 1.82) is 0 Å². The van der Waals surface area contributed by atoms with Crippen LogP contribution in [0.1, 0.15) is 11.8 Å². The molecule has 1 fully saturated rings. The highest BCUT2D eigenvalue weighted by Gasteiger charge is 2.46. The zero-order chi connectivity index (χ0) is 18.8. The molecule has 1 aliphatic heterocycles. The van der Waals surface area contributed by atoms with E-state index >= 15 is 0 Å². The number of thiol groups is 1. The molecule has 0 radical (unpaired) electrons. The molecule has 4 atom stereocenters. The number of aliphatic hydroxyl groups is 1. The Morgan fingerprint density at radius 1 is 1.48 bits per heavy atom. The molecule has 140 valence electrons. The molecule has 10 nitrogen and oxygen atoms in total. The van der Waals surface area contributed by atoms with Crippen molar-refractivity contribution < 1.29 is 29.3 Å². The largest absolute Gasteiger partial charge is 0.394 e. The van der Waals surface area contributed by atoms with Crippen LogP contribution in [-0.4, -0.2) is 60.0 Å². The molecule has 0 amide bonds. The van der Waals surface area contributed by atoms with Gasteiger partial charge in [-0.1, -0.05) is 5.92 Å². The van der Waals surface area contributed by atoms with Crippen molar-refractivity contribution in [2.24, 2.45) is 0 Å². The Balaban J connectivity index is 2.53. The Labute approximate surface area is 145 Å². The number of aromatic nitrogens is 2. The maximum absolute atomic E-state index is 12.1. The topological polar surface area (TPSA) is 154 Å². The summed E-state index contributed by atoms with van der Waals surface area (Å²) in [5.41, 5.74) is -1.07. The standard InChI is InChI=1S/C13H19N2O8PS/c1-3-4-22-9-10(25-24(19,20)21)8(6-16)23-12(9)15-5-7(2)11(17)14-13(15)18/h1,5,8-10,12,16,19-21,25H,4,6H2,2H3,(H,14,17,18)/t8-,9+,10+,12-/m1/s1. The van der Waals surface area contributed by atoms with Crippen molar-refractivity contribution in [3.63, 3.8) is 0 Å². The summed E-state index contributed by atoms with van der Waals surface area (Å²) >= 11 is 0. The lowest BCUT2D eigenvalue weighted by Gasteiger charge is -2.23. The number of ether oxygens (including phenoxy) is 2. The Morgan fingerprint density at radius 3 is 2.72 bits per heavy atom. The number of rotatable bonds is 5. The van der Waals surface area contributed by atoms with Crippen LogP contribution in [-0.2, 0) is 20.4 Å². The van der Waals surface area contributed by atoms with Crippen LogP contribution in [0.5, 0.6) is 0 Å². The molecule has 0 unspecified atom stereocenters. The van der Waals surface area contributed by atoms with Gasteiger partial charge in [0.2, 0.25) is 0 Å². The van der Waals surface area contributed by atoms with E-state index < -0.39 is 48.3 Å². The van der Waals surface area contributed by atoms with Gasteiger partial charge in [-0.25, -0.2) is 4.79 Å². The first kappa shape index (κ1) is 20.1. The lowest BCUT2D eigenvalue weighted by atomic mass is 10.2. The molecular weight excluding hydrogens is 375 g/mol. The number of hydrogen-bond acceptors (Lipinski definition) is 5. The molecule has 0 spiro atoms. The van der Waals surface area contributed by atoms with E-state index in [0.29, 0.717) is 0 Å². The van der Waals surface area contributed by atoms with E-state index in [4.69, 9.17) is 15.9 Å². The number of aryl methyl sites for hydroxylation is 1. The van der Waals surface area contributed by atoms with Crippen LogP contribution in [0, 0.1) is 19.3 Å². The minimum atomic E-state index is -4.23. The highest BCUT2D eigenvalue weighted by molar-refractivity contribution is 8.16. The molecule has 1 aromatic rings. The van der Waals surface area contributed by atoms with E-state index in [2.05, 4.69) is 10.9 Å². The van der Waals surface area contributed by atoms with Gasteiger partial charge in [-0.15, -0.1) is 17.4 Å². The summed E-state index contributed by atoms with van der Waals surface area (Å²) in [7, 11) is -0.206. The molecule has 0 aromatic carbocycles. The maximum atomic E-state index is 12.1. The number of nitrogens with zero attached hydrogens (tertiary/aromatic N) is 1. The Hall–Kier alpha value is -1.22. The summed E-state index contributed by atoms with van der Waals surface area (Å²) in [6.07, 6.45) is 3.45. The summed E-state index contributed by atoms with van der Waals surface area (Å²) in [6.45, 7) is -3.42. The summed E-state index contributed by atoms with van der Waals surface area (Å²) < 4.78 is 12.2. The molecule has 1 saturated heterocycles. The smallest absolute Gasteiger partial charge is 0.330 e. The van der Waals surface area contributed by atoms with Crippen LogP contribution in [0.2, 0.25) is 0 Å². The SMILES string of the molecule is C#CCO[C@H]1[C@@H]([SH]=P(O)(O)O)[C@@H](CO)O[C@H]1n1cc(C)c(=O)[nH]c1=O. The third-order valence-electron chi connectivity index (χ3n) is 3.56. The third kappa shape index (κ3) is 4.69. The Kier molecular flexibility index (Phi) is 6.42. The van der Waals surface area contributed by atoms with Crippen molar-refractivity contribution in [2.75, 3.05) is 13.2 Å². The lowest BCUT2D eigenvalue weighted by Crippen LogP contribution is -2.40. The molecular formula is C13H19N2O8PS. The number of H-pyrrole nitrogens is 1. The van der Waals surface area contributed by atoms with E-state index in [0.717, 1.165) is 4.57 Å². The number of terminal acetylenes is 1. The molecule has 1 aromatic heterocycles. The van der Waals surface area contributed by atoms with Crippen LogP contribution in [0.4, 0.5) is 0 Å². The van der Waals surface area contributed by atoms with Gasteiger partial charge in [0.1, 0.15) is 12.7 Å². The van der Waals surface area contributed by atoms with Crippen molar-refractivity contribution in [2.45, 2.75) is 30.6 Å². The van der Waals surface area contributed by atoms with E-state index in [1.807, 2.05) is 0 Å². The minimum absolute atomic E-state index is 0.167. The summed E-state index contributed by atoms with van der Waals surface area (Å²) in [5.74, 6) is 2.25. The monoisotopic (exact) mass is 394 g/mol. The average Bonchev–Trinajstić information content (AvgIpc) is 2.84. The van der Waals surface area contributed by atoms with Crippen LogP contribution in [0.25, 0.3) is 0 Å². The summed E-state index contributed by atoms with van der Waals surface area (Å²) in [6, 6.07) is 0. The normalized spacial score (nSPS) is 26.6. The number of nitrogens with one attached hydrogen (secondary N) is 1. The second-order valence-electron chi connectivity index (χ2n) is 5.35. The minimum Gasteiger partial charge on any atom is -0.394 e. The van der Waals surface area contributed by atoms with Crippen molar-refractivity contribution in [1.82, 2.24) is 9.55 Å². The highest BCUT2D eigenvalue weighted by atomic mass is 32.5. The molecule has 0 aliphatic carbocycles. The van der Waals surface area contributed by atoms with Gasteiger partial charge in [-0.3, -0.25) is 14.3 Å². The zero-order valence-electron chi connectivity index (χ0n) is 13.1. The van der Waals surface area contributed by atoms with E-state index in [1.165, 1.54) is 13.1 Å². The number of aromatic amines is 1. The molecule has 2 rings (SSSR count). The van der Waals surface area contributed by atoms with Crippen LogP contribution < -0.4 is 11.2 Å². The fraction of sp³-hybridized carbons (Fsp3) is 0.538. The fourth-order valence-electron chi connectivity index (χ4n) is 2.51. The van der Waals surface area contributed by atoms with Crippen molar-refractivity contribution in [3.05, 3.63) is 32.6 Å². The molecule has 1 aliphatic rings. The highest BCUT2D eigenvalue weighted by Crippen LogP contribution is 2.39. The van der Waals surface area contributed by atoms with Gasteiger partial charge in [0, 0.05) is 11.8 Å². The molecule has 12 heteroatoms. The first-order valence-electron chi connectivity index (χ1n) is 7.11. The lowest BCUT2D eigenvalue weighted by molar-refractivity contribution is -0.0674. The summed E-state index contributed by atoms with van der Waals surface area (Å²) in [5, 5.41) is 8.64. The van der Waals surface area contributed by atoms with Crippen LogP contribution >= 0.6 is 6.72 Å². The first-order chi connectivity index (χ1) is 11.7. The number of aliphatic hydroxyl groups excluding tert-OH is 1. The average molecular weight is 394 g/mol. The van der Waals surface area contributed by atoms with E-state index in [9.17, 15) is 29.4 Å². The number of hydrogen-bond donors (Lipinski definition) is 6. The molecule has 0 saturated carbocycles. The first-order valence-corrected chi connectivity index (χ1v) is 10.4. The van der Waals surface area contributed by atoms with E-state index in [1.54, 1.807) is 0 Å². The van der Waals surface area contributed by atoms with Crippen LogP contribution in [0.15, 0.2) is 15.8 Å². The second kappa shape index (κ2) is 7.99. The predicted molar refractivity (Wildman–Crippen MR) is 91.8 cm³/mol. The summed E-state index contributed by atoms with van der Waals surface area (Å²) in [4.78, 5) is 53.9. The Morgan fingerprint density at radius 2 is 2.16 bits per heavy atom. The van der Waals surface area contributed by atoms with Gasteiger partial charge in [0.05, 0.1) is 18.0 Å². The van der Waals surface area contributed by atoms with Gasteiger partial charge < -0.3 is 29.3 Å². The van der Waals surface area contributed by atoms with Crippen LogP contribution in [0.3, 0.4) is 0 Å². The molecule has 25 heavy (non-hydrogen) atoms. The van der Waals surface area contributed by atoms with Gasteiger partial charge in [-0.2, -0.15) is 0 Å². The van der Waals surface area contributed by atoms with Gasteiger partial charge in [-0.05, 0) is 6.92 Å². The molecule has 0 bridgehead atoms. The predicted octanol–water partition coefficient (Wildman–Crippen LogP) is -2.41.